The minimum atomic E-state index is -0.103. The third kappa shape index (κ3) is 4.85. The number of nitrogens with one attached hydrogen (secondary N) is 1. The topological polar surface area (TPSA) is 64.3 Å². The molecule has 0 spiro atoms. The zero-order chi connectivity index (χ0) is 13.4. The Hall–Kier alpha value is -1.39. The van der Waals surface area contributed by atoms with E-state index in [1.54, 1.807) is 7.11 Å². The van der Waals surface area contributed by atoms with Gasteiger partial charge in [0.05, 0.1) is 12.6 Å². The number of carbonyl (C=O) groups is 1. The van der Waals surface area contributed by atoms with E-state index in [-0.39, 0.29) is 17.9 Å². The fourth-order valence-electron chi connectivity index (χ4n) is 1.73. The minimum Gasteiger partial charge on any atom is -0.382 e. The van der Waals surface area contributed by atoms with E-state index in [9.17, 15) is 4.79 Å². The molecule has 0 bridgehead atoms. The lowest BCUT2D eigenvalue weighted by Gasteiger charge is -2.19. The molecule has 0 aliphatic heterocycles. The van der Waals surface area contributed by atoms with Crippen molar-refractivity contribution in [2.75, 3.05) is 20.3 Å². The Morgan fingerprint density at radius 3 is 2.61 bits per heavy atom. The van der Waals surface area contributed by atoms with E-state index >= 15 is 0 Å². The first kappa shape index (κ1) is 14.7. The maximum atomic E-state index is 11.8. The summed E-state index contributed by atoms with van der Waals surface area (Å²) in [6.07, 6.45) is 0.448. The van der Waals surface area contributed by atoms with Crippen molar-refractivity contribution in [1.82, 2.24) is 5.32 Å². The van der Waals surface area contributed by atoms with Gasteiger partial charge in [0.1, 0.15) is 0 Å². The molecule has 0 fully saturated rings. The van der Waals surface area contributed by atoms with Crippen LogP contribution in [0.4, 0.5) is 0 Å². The molecule has 0 aliphatic carbocycles. The van der Waals surface area contributed by atoms with Crippen LogP contribution in [0.15, 0.2) is 30.3 Å². The van der Waals surface area contributed by atoms with Gasteiger partial charge < -0.3 is 15.8 Å². The number of nitrogens with two attached hydrogens (primary N) is 1. The first-order valence-electron chi connectivity index (χ1n) is 6.20. The van der Waals surface area contributed by atoms with Crippen molar-refractivity contribution < 1.29 is 9.53 Å². The second-order valence-electron chi connectivity index (χ2n) is 4.53. The molecule has 0 aliphatic rings. The predicted molar refractivity (Wildman–Crippen MR) is 72.0 cm³/mol. The average Bonchev–Trinajstić information content (AvgIpc) is 2.39. The van der Waals surface area contributed by atoms with Crippen LogP contribution in [-0.4, -0.2) is 26.2 Å². The van der Waals surface area contributed by atoms with Gasteiger partial charge in [-0.05, 0) is 18.0 Å². The molecule has 1 aromatic carbocycles. The summed E-state index contributed by atoms with van der Waals surface area (Å²) < 4.78 is 5.15. The number of rotatable bonds is 7. The number of amides is 1. The van der Waals surface area contributed by atoms with E-state index in [4.69, 9.17) is 10.5 Å². The lowest BCUT2D eigenvalue weighted by Crippen LogP contribution is -2.33. The summed E-state index contributed by atoms with van der Waals surface area (Å²) in [6, 6.07) is 9.71. The van der Waals surface area contributed by atoms with Gasteiger partial charge in [0.25, 0.3) is 0 Å². The molecule has 0 heterocycles. The van der Waals surface area contributed by atoms with Crippen molar-refractivity contribution in [2.45, 2.75) is 19.4 Å². The normalized spacial score (nSPS) is 13.9. The van der Waals surface area contributed by atoms with Crippen LogP contribution >= 0.6 is 0 Å². The van der Waals surface area contributed by atoms with Gasteiger partial charge in [-0.15, -0.1) is 0 Å². The molecule has 0 radical (unpaired) electrons. The van der Waals surface area contributed by atoms with Crippen LogP contribution < -0.4 is 11.1 Å². The summed E-state index contributed by atoms with van der Waals surface area (Å²) >= 11 is 0. The fourth-order valence-corrected chi connectivity index (χ4v) is 1.73. The maximum absolute atomic E-state index is 11.8. The van der Waals surface area contributed by atoms with Crippen LogP contribution in [-0.2, 0) is 9.53 Å². The minimum absolute atomic E-state index is 0.0128. The van der Waals surface area contributed by atoms with E-state index in [2.05, 4.69) is 5.32 Å². The number of carbonyl (C=O) groups excluding carboxylic acids is 1. The highest BCUT2D eigenvalue weighted by Gasteiger charge is 2.15. The van der Waals surface area contributed by atoms with Crippen LogP contribution in [0.25, 0.3) is 0 Å². The van der Waals surface area contributed by atoms with Crippen LogP contribution in [0.1, 0.15) is 24.9 Å². The van der Waals surface area contributed by atoms with E-state index in [1.807, 2.05) is 37.3 Å². The zero-order valence-electron chi connectivity index (χ0n) is 11.1. The second-order valence-corrected chi connectivity index (χ2v) is 4.53. The third-order valence-corrected chi connectivity index (χ3v) is 2.81. The molecule has 1 unspecified atom stereocenters. The molecule has 0 saturated carbocycles. The van der Waals surface area contributed by atoms with Gasteiger partial charge in [-0.25, -0.2) is 0 Å². The van der Waals surface area contributed by atoms with Crippen LogP contribution in [0, 0.1) is 5.92 Å². The fraction of sp³-hybridized carbons (Fsp3) is 0.500. The summed E-state index contributed by atoms with van der Waals surface area (Å²) in [5.74, 6) is 0.211. The summed E-state index contributed by atoms with van der Waals surface area (Å²) in [5.41, 5.74) is 6.57. The first-order valence-corrected chi connectivity index (χ1v) is 6.20. The number of hydrogen-bond donors (Lipinski definition) is 2. The quantitative estimate of drug-likeness (QED) is 0.770. The Morgan fingerprint density at radius 1 is 1.39 bits per heavy atom. The summed E-state index contributed by atoms with van der Waals surface area (Å²) in [7, 11) is 1.63. The highest BCUT2D eigenvalue weighted by Crippen LogP contribution is 2.13. The predicted octanol–water partition coefficient (Wildman–Crippen LogP) is 1.48. The molecule has 0 saturated heterocycles. The second kappa shape index (κ2) is 7.84. The Balaban J connectivity index is 2.61. The van der Waals surface area contributed by atoms with Gasteiger partial charge in [-0.3, -0.25) is 4.79 Å². The number of ether oxygens (including phenoxy) is 1. The lowest BCUT2D eigenvalue weighted by atomic mass is 10.1. The van der Waals surface area contributed by atoms with Crippen molar-refractivity contribution in [3.63, 3.8) is 0 Å². The van der Waals surface area contributed by atoms with Crippen molar-refractivity contribution in [3.05, 3.63) is 35.9 Å². The Labute approximate surface area is 109 Å². The van der Waals surface area contributed by atoms with Gasteiger partial charge in [0.2, 0.25) is 5.91 Å². The molecular weight excluding hydrogens is 228 g/mol. The van der Waals surface area contributed by atoms with E-state index in [0.717, 1.165) is 5.56 Å². The molecule has 1 aromatic rings. The van der Waals surface area contributed by atoms with E-state index in [1.165, 1.54) is 0 Å². The molecule has 100 valence electrons. The van der Waals surface area contributed by atoms with Crippen molar-refractivity contribution in [3.8, 4) is 0 Å². The van der Waals surface area contributed by atoms with Crippen LogP contribution in [0.3, 0.4) is 0 Å². The SMILES string of the molecule is COC[C@@H](NC(=O)CC(C)CN)c1ccccc1. The summed E-state index contributed by atoms with van der Waals surface area (Å²) in [4.78, 5) is 11.8. The Morgan fingerprint density at radius 2 is 2.06 bits per heavy atom. The van der Waals surface area contributed by atoms with Crippen LogP contribution in [0.5, 0.6) is 0 Å². The molecule has 1 amide bonds. The number of hydrogen-bond acceptors (Lipinski definition) is 3. The van der Waals surface area contributed by atoms with Gasteiger partial charge in [0.15, 0.2) is 0 Å². The van der Waals surface area contributed by atoms with E-state index < -0.39 is 0 Å². The van der Waals surface area contributed by atoms with E-state index in [0.29, 0.717) is 19.6 Å². The molecule has 4 heteroatoms. The molecule has 3 N–H and O–H groups in total. The average molecular weight is 250 g/mol. The maximum Gasteiger partial charge on any atom is 0.220 e. The van der Waals surface area contributed by atoms with Gasteiger partial charge in [-0.2, -0.15) is 0 Å². The number of benzene rings is 1. The molecule has 4 nitrogen and oxygen atoms in total. The van der Waals surface area contributed by atoms with Crippen molar-refractivity contribution >= 4 is 5.91 Å². The standard InChI is InChI=1S/C14H22N2O2/c1-11(9-15)8-14(17)16-13(10-18-2)12-6-4-3-5-7-12/h3-7,11,13H,8-10,15H2,1-2H3,(H,16,17)/t11?,13-/m1/s1. The summed E-state index contributed by atoms with van der Waals surface area (Å²) in [5, 5.41) is 2.98. The lowest BCUT2D eigenvalue weighted by molar-refractivity contribution is -0.123. The van der Waals surface area contributed by atoms with Gasteiger partial charge in [-0.1, -0.05) is 37.3 Å². The smallest absolute Gasteiger partial charge is 0.220 e. The first-order chi connectivity index (χ1) is 8.67. The highest BCUT2D eigenvalue weighted by atomic mass is 16.5. The molecule has 18 heavy (non-hydrogen) atoms. The molecular formula is C14H22N2O2. The van der Waals surface area contributed by atoms with Gasteiger partial charge in [0, 0.05) is 13.5 Å². The Kier molecular flexibility index (Phi) is 6.39. The Bertz CT molecular complexity index is 354. The van der Waals surface area contributed by atoms with Crippen molar-refractivity contribution in [1.29, 1.82) is 0 Å². The zero-order valence-corrected chi connectivity index (χ0v) is 11.1. The summed E-state index contributed by atoms with van der Waals surface area (Å²) in [6.45, 7) is 2.95. The van der Waals surface area contributed by atoms with Gasteiger partial charge >= 0.3 is 0 Å². The molecule has 0 aromatic heterocycles. The van der Waals surface area contributed by atoms with Crippen LogP contribution in [0.2, 0.25) is 0 Å². The number of methoxy groups -OCH3 is 1. The highest BCUT2D eigenvalue weighted by molar-refractivity contribution is 5.76. The largest absolute Gasteiger partial charge is 0.382 e. The molecule has 2 atom stereocenters. The van der Waals surface area contributed by atoms with Crippen molar-refractivity contribution in [2.24, 2.45) is 11.7 Å². The third-order valence-electron chi connectivity index (χ3n) is 2.81. The molecule has 1 rings (SSSR count). The monoisotopic (exact) mass is 250 g/mol.